The highest BCUT2D eigenvalue weighted by atomic mass is 31.2. The van der Waals surface area contributed by atoms with Gasteiger partial charge in [-0.25, -0.2) is 14.3 Å². The number of aromatic amines is 1. The monoisotopic (exact) mass is 341 g/mol. The van der Waals surface area contributed by atoms with Crippen LogP contribution in [0.2, 0.25) is 0 Å². The number of hydrogen-bond donors (Lipinski definition) is 7. The van der Waals surface area contributed by atoms with Crippen molar-refractivity contribution >= 4 is 13.6 Å². The number of nitrogens with one attached hydrogen (secondary N) is 1. The normalized spacial score (nSPS) is 28.0. The Kier molecular flexibility index (Phi) is 6.59. The molecule has 2 heterocycles. The summed E-state index contributed by atoms with van der Waals surface area (Å²) in [6.45, 7) is -0.584. The standard InChI is InChI=1S/C5H11O8P.C4H5N3O/c6-1-2-3(7)4(8)5(12-2)13-14(9,10)11;5-3-1-2-6-4(8)7-3/h2-8H,1H2,(H2,9,10,11);1-2H,(H3,5,6,7,8)/t2-,3-,4+,5?;/m1./s1. The van der Waals surface area contributed by atoms with Gasteiger partial charge in [-0.15, -0.1) is 0 Å². The van der Waals surface area contributed by atoms with Crippen molar-refractivity contribution in [3.63, 3.8) is 0 Å². The molecule has 0 radical (unpaired) electrons. The summed E-state index contributed by atoms with van der Waals surface area (Å²) in [5.41, 5.74) is 4.75. The minimum atomic E-state index is -4.79. The van der Waals surface area contributed by atoms with Crippen molar-refractivity contribution in [3.05, 3.63) is 22.7 Å². The maximum Gasteiger partial charge on any atom is 0.472 e. The first-order valence-electron chi connectivity index (χ1n) is 5.81. The van der Waals surface area contributed by atoms with Crippen molar-refractivity contribution in [3.8, 4) is 0 Å². The van der Waals surface area contributed by atoms with E-state index >= 15 is 0 Å². The fourth-order valence-electron chi connectivity index (χ4n) is 1.47. The Labute approximate surface area is 123 Å². The number of aliphatic hydroxyl groups excluding tert-OH is 3. The first-order valence-corrected chi connectivity index (χ1v) is 7.34. The number of anilines is 1. The van der Waals surface area contributed by atoms with Crippen molar-refractivity contribution in [1.82, 2.24) is 9.97 Å². The minimum Gasteiger partial charge on any atom is -0.394 e. The molecule has 8 N–H and O–H groups in total. The average molecular weight is 341 g/mol. The summed E-state index contributed by atoms with van der Waals surface area (Å²) in [7, 11) is -4.79. The van der Waals surface area contributed by atoms with Crippen LogP contribution < -0.4 is 11.4 Å². The molecule has 0 saturated carbocycles. The molecule has 0 amide bonds. The maximum absolute atomic E-state index is 10.4. The van der Waals surface area contributed by atoms with Crippen LogP contribution in [0.4, 0.5) is 5.82 Å². The number of H-pyrrole nitrogens is 1. The Bertz CT molecular complexity index is 575. The van der Waals surface area contributed by atoms with Crippen LogP contribution in [-0.4, -0.2) is 66.3 Å². The molecule has 1 aliphatic rings. The molecule has 0 spiro atoms. The maximum atomic E-state index is 10.4. The van der Waals surface area contributed by atoms with E-state index in [4.69, 9.17) is 30.8 Å². The fourth-order valence-corrected chi connectivity index (χ4v) is 1.92. The topological polar surface area (TPSA) is 208 Å². The molecule has 0 aliphatic carbocycles. The molecule has 1 aromatic rings. The van der Waals surface area contributed by atoms with Crippen LogP contribution in [0.1, 0.15) is 0 Å². The summed E-state index contributed by atoms with van der Waals surface area (Å²) in [4.78, 5) is 32.7. The summed E-state index contributed by atoms with van der Waals surface area (Å²) in [5.74, 6) is 0.338. The largest absolute Gasteiger partial charge is 0.472 e. The average Bonchev–Trinajstić information content (AvgIpc) is 2.65. The summed E-state index contributed by atoms with van der Waals surface area (Å²) in [6, 6.07) is 1.52. The molecule has 1 aromatic heterocycles. The predicted molar refractivity (Wildman–Crippen MR) is 70.2 cm³/mol. The molecule has 0 aromatic carbocycles. The van der Waals surface area contributed by atoms with Gasteiger partial charge in [0.1, 0.15) is 24.1 Å². The minimum absolute atomic E-state index is 0.338. The second kappa shape index (κ2) is 7.76. The smallest absolute Gasteiger partial charge is 0.394 e. The van der Waals surface area contributed by atoms with Crippen molar-refractivity contribution in [2.45, 2.75) is 24.6 Å². The quantitative estimate of drug-likeness (QED) is 0.273. The summed E-state index contributed by atoms with van der Waals surface area (Å²) >= 11 is 0. The third kappa shape index (κ3) is 5.79. The van der Waals surface area contributed by atoms with E-state index in [-0.39, 0.29) is 0 Å². The molecule has 1 saturated heterocycles. The molecule has 22 heavy (non-hydrogen) atoms. The number of nitrogen functional groups attached to an aromatic ring is 1. The van der Waals surface area contributed by atoms with Gasteiger partial charge in [-0.3, -0.25) is 9.51 Å². The summed E-state index contributed by atoms with van der Waals surface area (Å²) < 4.78 is 19.1. The molecular formula is C9H16N3O9P. The number of nitrogens with zero attached hydrogens (tertiary/aromatic N) is 1. The molecule has 1 fully saturated rings. The number of rotatable bonds is 3. The number of hydrogen-bond acceptors (Lipinski definition) is 9. The van der Waals surface area contributed by atoms with Gasteiger partial charge in [0.25, 0.3) is 0 Å². The van der Waals surface area contributed by atoms with Gasteiger partial charge < -0.3 is 35.6 Å². The van der Waals surface area contributed by atoms with Gasteiger partial charge in [-0.2, -0.15) is 0 Å². The van der Waals surface area contributed by atoms with Crippen molar-refractivity contribution in [2.75, 3.05) is 12.3 Å². The third-order valence-corrected chi connectivity index (χ3v) is 2.92. The molecule has 12 nitrogen and oxygen atoms in total. The van der Waals surface area contributed by atoms with Gasteiger partial charge in [0.15, 0.2) is 6.29 Å². The fraction of sp³-hybridized carbons (Fsp3) is 0.556. The van der Waals surface area contributed by atoms with E-state index < -0.39 is 44.7 Å². The summed E-state index contributed by atoms with van der Waals surface area (Å²) in [6.07, 6.45) is -4.42. The molecular weight excluding hydrogens is 325 g/mol. The van der Waals surface area contributed by atoms with Crippen LogP contribution in [0.5, 0.6) is 0 Å². The highest BCUT2D eigenvalue weighted by molar-refractivity contribution is 7.46. The van der Waals surface area contributed by atoms with E-state index in [9.17, 15) is 9.36 Å². The Morgan fingerprint density at radius 2 is 2.05 bits per heavy atom. The Morgan fingerprint density at radius 1 is 1.41 bits per heavy atom. The van der Waals surface area contributed by atoms with Crippen LogP contribution in [0, 0.1) is 0 Å². The summed E-state index contributed by atoms with van der Waals surface area (Å²) in [5, 5.41) is 26.9. The Balaban J connectivity index is 0.000000255. The molecule has 2 rings (SSSR count). The number of aliphatic hydroxyl groups is 3. The van der Waals surface area contributed by atoms with Gasteiger partial charge >= 0.3 is 13.5 Å². The first-order chi connectivity index (χ1) is 10.1. The molecule has 0 bridgehead atoms. The second-order valence-corrected chi connectivity index (χ2v) is 5.32. The number of ether oxygens (including phenoxy) is 1. The zero-order valence-corrected chi connectivity index (χ0v) is 11.9. The molecule has 1 aliphatic heterocycles. The van der Waals surface area contributed by atoms with Crippen molar-refractivity contribution < 1.29 is 38.9 Å². The lowest BCUT2D eigenvalue weighted by Crippen LogP contribution is -2.34. The highest BCUT2D eigenvalue weighted by Crippen LogP contribution is 2.40. The van der Waals surface area contributed by atoms with Crippen LogP contribution in [0.3, 0.4) is 0 Å². The van der Waals surface area contributed by atoms with Gasteiger partial charge in [0, 0.05) is 6.20 Å². The predicted octanol–water partition coefficient (Wildman–Crippen LogP) is -3.11. The van der Waals surface area contributed by atoms with Crippen LogP contribution in [0.25, 0.3) is 0 Å². The van der Waals surface area contributed by atoms with Gasteiger partial charge in [0.2, 0.25) is 0 Å². The van der Waals surface area contributed by atoms with E-state index in [1.807, 2.05) is 0 Å². The zero-order chi connectivity index (χ0) is 16.9. The zero-order valence-electron chi connectivity index (χ0n) is 11.0. The van der Waals surface area contributed by atoms with E-state index in [1.54, 1.807) is 0 Å². The van der Waals surface area contributed by atoms with Crippen LogP contribution >= 0.6 is 7.82 Å². The lowest BCUT2D eigenvalue weighted by molar-refractivity contribution is -0.126. The highest BCUT2D eigenvalue weighted by Gasteiger charge is 2.45. The van der Waals surface area contributed by atoms with E-state index in [0.29, 0.717) is 5.82 Å². The van der Waals surface area contributed by atoms with Crippen LogP contribution in [-0.2, 0) is 13.8 Å². The molecule has 126 valence electrons. The third-order valence-electron chi connectivity index (χ3n) is 2.44. The number of phosphoric ester groups is 1. The van der Waals surface area contributed by atoms with Crippen LogP contribution in [0.15, 0.2) is 17.1 Å². The van der Waals surface area contributed by atoms with Crippen molar-refractivity contribution in [2.24, 2.45) is 0 Å². The number of phosphoric acid groups is 1. The molecule has 13 heteroatoms. The van der Waals surface area contributed by atoms with Gasteiger partial charge in [-0.05, 0) is 6.07 Å². The SMILES string of the molecule is Nc1ccnc(=O)[nH]1.O=P(O)(O)OC1O[C@H](CO)[C@@H](O)[C@@H]1O. The van der Waals surface area contributed by atoms with E-state index in [2.05, 4.69) is 19.2 Å². The van der Waals surface area contributed by atoms with Gasteiger partial charge in [-0.1, -0.05) is 0 Å². The lowest BCUT2D eigenvalue weighted by atomic mass is 10.1. The molecule has 4 atom stereocenters. The second-order valence-electron chi connectivity index (χ2n) is 4.13. The number of nitrogens with two attached hydrogens (primary N) is 1. The van der Waals surface area contributed by atoms with E-state index in [1.165, 1.54) is 12.3 Å². The lowest BCUT2D eigenvalue weighted by Gasteiger charge is -2.15. The Hall–Kier alpha value is -1.37. The van der Waals surface area contributed by atoms with Crippen molar-refractivity contribution in [1.29, 1.82) is 0 Å². The Morgan fingerprint density at radius 3 is 2.41 bits per heavy atom. The number of aromatic nitrogens is 2. The van der Waals surface area contributed by atoms with E-state index in [0.717, 1.165) is 0 Å². The first kappa shape index (κ1) is 18.7. The van der Waals surface area contributed by atoms with Gasteiger partial charge in [0.05, 0.1) is 6.61 Å². The molecule has 1 unspecified atom stereocenters.